The lowest BCUT2D eigenvalue weighted by Crippen LogP contribution is -1.97. The van der Waals surface area contributed by atoms with Crippen LogP contribution in [0.1, 0.15) is 21.8 Å². The average Bonchev–Trinajstić information content (AvgIpc) is 2.94. The highest BCUT2D eigenvalue weighted by molar-refractivity contribution is 6.38. The summed E-state index contributed by atoms with van der Waals surface area (Å²) in [5.74, 6) is 1.63. The van der Waals surface area contributed by atoms with Crippen LogP contribution in [-0.4, -0.2) is 11.3 Å². The molecule has 0 N–H and O–H groups in total. The Morgan fingerprint density at radius 1 is 1.12 bits per heavy atom. The first-order valence-corrected chi connectivity index (χ1v) is 7.93. The SMILES string of the molecule is Cc1oc(-c2c(Cl)cccc2Cl)nc1COc1ccc(C=O)cc1. The molecule has 0 saturated heterocycles. The van der Waals surface area contributed by atoms with Gasteiger partial charge in [0.1, 0.15) is 30.1 Å². The Balaban J connectivity index is 1.80. The van der Waals surface area contributed by atoms with Crippen LogP contribution >= 0.6 is 23.2 Å². The van der Waals surface area contributed by atoms with Gasteiger partial charge < -0.3 is 9.15 Å². The summed E-state index contributed by atoms with van der Waals surface area (Å²) >= 11 is 12.4. The van der Waals surface area contributed by atoms with Crippen LogP contribution in [0, 0.1) is 6.92 Å². The summed E-state index contributed by atoms with van der Waals surface area (Å²) in [6, 6.07) is 12.0. The van der Waals surface area contributed by atoms with Gasteiger partial charge >= 0.3 is 0 Å². The second kappa shape index (κ2) is 7.07. The van der Waals surface area contributed by atoms with E-state index in [1.54, 1.807) is 49.4 Å². The highest BCUT2D eigenvalue weighted by atomic mass is 35.5. The van der Waals surface area contributed by atoms with Crippen LogP contribution in [0.5, 0.6) is 5.75 Å². The third-order valence-electron chi connectivity index (χ3n) is 3.46. The van der Waals surface area contributed by atoms with E-state index in [-0.39, 0.29) is 6.61 Å². The standard InChI is InChI=1S/C18H13Cl2NO3/c1-11-16(10-23-13-7-5-12(9-22)6-8-13)21-18(24-11)17-14(19)3-2-4-15(17)20/h2-9H,10H2,1H3. The Bertz CT molecular complexity index is 852. The molecule has 1 heterocycles. The van der Waals surface area contributed by atoms with Gasteiger partial charge in [-0.15, -0.1) is 0 Å². The van der Waals surface area contributed by atoms with Crippen molar-refractivity contribution in [2.45, 2.75) is 13.5 Å². The van der Waals surface area contributed by atoms with Gasteiger partial charge in [0.05, 0.1) is 15.6 Å². The van der Waals surface area contributed by atoms with Crippen molar-refractivity contribution in [1.82, 2.24) is 4.98 Å². The minimum atomic E-state index is 0.234. The number of aldehydes is 1. The molecule has 0 fully saturated rings. The minimum Gasteiger partial charge on any atom is -0.487 e. The zero-order chi connectivity index (χ0) is 17.1. The molecule has 6 heteroatoms. The van der Waals surface area contributed by atoms with Crippen molar-refractivity contribution in [3.8, 4) is 17.2 Å². The van der Waals surface area contributed by atoms with E-state index in [2.05, 4.69) is 4.98 Å². The molecule has 0 radical (unpaired) electrons. The predicted molar refractivity (Wildman–Crippen MR) is 92.9 cm³/mol. The number of nitrogens with zero attached hydrogens (tertiary/aromatic N) is 1. The molecule has 0 saturated carbocycles. The van der Waals surface area contributed by atoms with Crippen molar-refractivity contribution in [3.05, 3.63) is 69.5 Å². The molecule has 4 nitrogen and oxygen atoms in total. The van der Waals surface area contributed by atoms with E-state index in [0.717, 1.165) is 6.29 Å². The van der Waals surface area contributed by atoms with E-state index in [0.29, 0.717) is 44.3 Å². The largest absolute Gasteiger partial charge is 0.487 e. The lowest BCUT2D eigenvalue weighted by Gasteiger charge is -2.04. The quantitative estimate of drug-likeness (QED) is 0.574. The molecule has 0 aliphatic heterocycles. The van der Waals surface area contributed by atoms with Crippen molar-refractivity contribution in [2.75, 3.05) is 0 Å². The van der Waals surface area contributed by atoms with Gasteiger partial charge in [-0.25, -0.2) is 4.98 Å². The van der Waals surface area contributed by atoms with Gasteiger partial charge in [-0.3, -0.25) is 4.79 Å². The topological polar surface area (TPSA) is 52.3 Å². The van der Waals surface area contributed by atoms with E-state index in [1.807, 2.05) is 0 Å². The maximum atomic E-state index is 10.6. The Morgan fingerprint density at radius 3 is 2.42 bits per heavy atom. The normalized spacial score (nSPS) is 10.6. The summed E-state index contributed by atoms with van der Waals surface area (Å²) < 4.78 is 11.4. The van der Waals surface area contributed by atoms with Crippen LogP contribution in [0.2, 0.25) is 10.0 Å². The average molecular weight is 362 g/mol. The van der Waals surface area contributed by atoms with Crippen molar-refractivity contribution in [2.24, 2.45) is 0 Å². The van der Waals surface area contributed by atoms with E-state index >= 15 is 0 Å². The van der Waals surface area contributed by atoms with Crippen molar-refractivity contribution in [3.63, 3.8) is 0 Å². The fourth-order valence-electron chi connectivity index (χ4n) is 2.17. The molecule has 0 bridgehead atoms. The monoisotopic (exact) mass is 361 g/mol. The van der Waals surface area contributed by atoms with Crippen LogP contribution < -0.4 is 4.74 Å². The van der Waals surface area contributed by atoms with Crippen LogP contribution in [0.15, 0.2) is 46.9 Å². The molecule has 24 heavy (non-hydrogen) atoms. The minimum absolute atomic E-state index is 0.234. The number of carbonyl (C=O) groups excluding carboxylic acids is 1. The summed E-state index contributed by atoms with van der Waals surface area (Å²) in [7, 11) is 0. The summed E-state index contributed by atoms with van der Waals surface area (Å²) in [4.78, 5) is 15.1. The summed E-state index contributed by atoms with van der Waals surface area (Å²) in [5, 5.41) is 0.946. The van der Waals surface area contributed by atoms with E-state index in [1.165, 1.54) is 0 Å². The fraction of sp³-hybridized carbons (Fsp3) is 0.111. The molecular formula is C18H13Cl2NO3. The molecule has 1 aromatic heterocycles. The van der Waals surface area contributed by atoms with E-state index in [9.17, 15) is 4.79 Å². The smallest absolute Gasteiger partial charge is 0.229 e. The van der Waals surface area contributed by atoms with Gasteiger partial charge in [0.2, 0.25) is 5.89 Å². The van der Waals surface area contributed by atoms with Crippen molar-refractivity contribution < 1.29 is 13.9 Å². The summed E-state index contributed by atoms with van der Waals surface area (Å²) in [6.45, 7) is 2.03. The number of benzene rings is 2. The number of hydrogen-bond acceptors (Lipinski definition) is 4. The molecule has 0 atom stereocenters. The molecule has 3 aromatic rings. The highest BCUT2D eigenvalue weighted by Crippen LogP contribution is 2.35. The van der Waals surface area contributed by atoms with E-state index in [4.69, 9.17) is 32.4 Å². The lowest BCUT2D eigenvalue weighted by molar-refractivity contribution is 0.112. The molecule has 0 unspecified atom stereocenters. The van der Waals surface area contributed by atoms with Crippen LogP contribution in [0.3, 0.4) is 0 Å². The predicted octanol–water partition coefficient (Wildman–Crippen LogP) is 5.35. The Hall–Kier alpha value is -2.30. The van der Waals surface area contributed by atoms with Crippen LogP contribution in [0.4, 0.5) is 0 Å². The molecule has 0 aliphatic carbocycles. The van der Waals surface area contributed by atoms with Gasteiger partial charge in [0.15, 0.2) is 0 Å². The van der Waals surface area contributed by atoms with E-state index < -0.39 is 0 Å². The van der Waals surface area contributed by atoms with Crippen LogP contribution in [0.25, 0.3) is 11.5 Å². The zero-order valence-corrected chi connectivity index (χ0v) is 14.3. The number of ether oxygens (including phenoxy) is 1. The van der Waals surface area contributed by atoms with Gasteiger partial charge in [-0.05, 0) is 43.3 Å². The molecule has 0 amide bonds. The summed E-state index contributed by atoms with van der Waals surface area (Å²) in [6.07, 6.45) is 0.783. The van der Waals surface area contributed by atoms with Gasteiger partial charge in [0, 0.05) is 5.56 Å². The number of rotatable bonds is 5. The maximum absolute atomic E-state index is 10.6. The Morgan fingerprint density at radius 2 is 1.79 bits per heavy atom. The first-order chi connectivity index (χ1) is 11.6. The Kier molecular flexibility index (Phi) is 4.88. The van der Waals surface area contributed by atoms with Crippen molar-refractivity contribution >= 4 is 29.5 Å². The molecule has 0 spiro atoms. The molecule has 0 aliphatic rings. The third kappa shape index (κ3) is 3.45. The third-order valence-corrected chi connectivity index (χ3v) is 4.09. The molecule has 122 valence electrons. The number of carbonyl (C=O) groups is 1. The fourth-order valence-corrected chi connectivity index (χ4v) is 2.72. The second-order valence-corrected chi connectivity index (χ2v) is 5.91. The number of aromatic nitrogens is 1. The van der Waals surface area contributed by atoms with Gasteiger partial charge in [-0.1, -0.05) is 29.3 Å². The van der Waals surface area contributed by atoms with Gasteiger partial charge in [-0.2, -0.15) is 0 Å². The zero-order valence-electron chi connectivity index (χ0n) is 12.8. The highest BCUT2D eigenvalue weighted by Gasteiger charge is 2.17. The van der Waals surface area contributed by atoms with Crippen LogP contribution in [-0.2, 0) is 6.61 Å². The van der Waals surface area contributed by atoms with Crippen molar-refractivity contribution in [1.29, 1.82) is 0 Å². The molecule has 3 rings (SSSR count). The number of oxazole rings is 1. The number of hydrogen-bond donors (Lipinski definition) is 0. The first-order valence-electron chi connectivity index (χ1n) is 7.17. The maximum Gasteiger partial charge on any atom is 0.229 e. The number of aryl methyl sites for hydroxylation is 1. The van der Waals surface area contributed by atoms with Gasteiger partial charge in [0.25, 0.3) is 0 Å². The lowest BCUT2D eigenvalue weighted by atomic mass is 10.2. The number of halogens is 2. The second-order valence-electron chi connectivity index (χ2n) is 5.09. The Labute approximate surface area is 149 Å². The summed E-state index contributed by atoms with van der Waals surface area (Å²) in [5.41, 5.74) is 1.81. The first kappa shape index (κ1) is 16.6. The molecular weight excluding hydrogens is 349 g/mol. The molecule has 2 aromatic carbocycles.